The highest BCUT2D eigenvalue weighted by Gasteiger charge is 2.13. The van der Waals surface area contributed by atoms with Crippen molar-refractivity contribution < 1.29 is 13.5 Å². The second-order valence-electron chi connectivity index (χ2n) is 4.64. The van der Waals surface area contributed by atoms with E-state index in [4.69, 9.17) is 16.3 Å². The number of hydrogen-bond donors (Lipinski definition) is 1. The van der Waals surface area contributed by atoms with Crippen LogP contribution in [0.5, 0.6) is 5.75 Å². The van der Waals surface area contributed by atoms with Crippen molar-refractivity contribution in [2.75, 3.05) is 7.11 Å². The standard InChI is InChI=1S/C16H11ClF2N2O/c1-22-15-5-3-10(7-14(15)19)16-11(8-20-21-16)9-2-4-12(17)13(18)6-9/h2-8H,1H3,(H,20,21). The number of ether oxygens (including phenoxy) is 1. The smallest absolute Gasteiger partial charge is 0.165 e. The summed E-state index contributed by atoms with van der Waals surface area (Å²) >= 11 is 5.69. The molecule has 3 rings (SSSR count). The Labute approximate surface area is 130 Å². The molecular formula is C16H11ClF2N2O. The van der Waals surface area contributed by atoms with Crippen LogP contribution in [0.1, 0.15) is 0 Å². The van der Waals surface area contributed by atoms with Gasteiger partial charge in [-0.3, -0.25) is 5.10 Å². The van der Waals surface area contributed by atoms with E-state index in [9.17, 15) is 8.78 Å². The fourth-order valence-corrected chi connectivity index (χ4v) is 2.33. The van der Waals surface area contributed by atoms with Gasteiger partial charge < -0.3 is 4.74 Å². The fourth-order valence-electron chi connectivity index (χ4n) is 2.21. The van der Waals surface area contributed by atoms with E-state index in [1.54, 1.807) is 18.3 Å². The molecule has 1 heterocycles. The lowest BCUT2D eigenvalue weighted by Gasteiger charge is -2.07. The highest BCUT2D eigenvalue weighted by atomic mass is 35.5. The lowest BCUT2D eigenvalue weighted by atomic mass is 10.0. The zero-order valence-corrected chi connectivity index (χ0v) is 12.3. The Morgan fingerprint density at radius 2 is 1.77 bits per heavy atom. The van der Waals surface area contributed by atoms with E-state index in [2.05, 4.69) is 10.2 Å². The third-order valence-corrected chi connectivity index (χ3v) is 3.62. The maximum atomic E-state index is 13.9. The van der Waals surface area contributed by atoms with Crippen LogP contribution in [0.25, 0.3) is 22.4 Å². The lowest BCUT2D eigenvalue weighted by Crippen LogP contribution is -1.90. The second kappa shape index (κ2) is 5.77. The Bertz CT molecular complexity index is 833. The molecule has 0 saturated heterocycles. The first kappa shape index (κ1) is 14.5. The SMILES string of the molecule is COc1ccc(-c2[nH]ncc2-c2ccc(Cl)c(F)c2)cc1F. The summed E-state index contributed by atoms with van der Waals surface area (Å²) in [5, 5.41) is 6.82. The Morgan fingerprint density at radius 1 is 1.05 bits per heavy atom. The summed E-state index contributed by atoms with van der Waals surface area (Å²) in [6.45, 7) is 0. The van der Waals surface area contributed by atoms with E-state index < -0.39 is 11.6 Å². The monoisotopic (exact) mass is 320 g/mol. The molecule has 112 valence electrons. The fraction of sp³-hybridized carbons (Fsp3) is 0.0625. The van der Waals surface area contributed by atoms with Crippen molar-refractivity contribution in [2.24, 2.45) is 0 Å². The zero-order valence-electron chi connectivity index (χ0n) is 11.5. The topological polar surface area (TPSA) is 37.9 Å². The highest BCUT2D eigenvalue weighted by molar-refractivity contribution is 6.30. The van der Waals surface area contributed by atoms with Crippen LogP contribution >= 0.6 is 11.6 Å². The summed E-state index contributed by atoms with van der Waals surface area (Å²) < 4.78 is 32.4. The van der Waals surface area contributed by atoms with Gasteiger partial charge in [0.25, 0.3) is 0 Å². The van der Waals surface area contributed by atoms with Gasteiger partial charge in [0.15, 0.2) is 11.6 Å². The number of aromatic amines is 1. The average molecular weight is 321 g/mol. The zero-order chi connectivity index (χ0) is 15.7. The second-order valence-corrected chi connectivity index (χ2v) is 5.04. The van der Waals surface area contributed by atoms with Crippen LogP contribution in [0.15, 0.2) is 42.6 Å². The van der Waals surface area contributed by atoms with Gasteiger partial charge >= 0.3 is 0 Å². The summed E-state index contributed by atoms with van der Waals surface area (Å²) in [5.74, 6) is -0.850. The van der Waals surface area contributed by atoms with Crippen LogP contribution in [0.2, 0.25) is 5.02 Å². The minimum absolute atomic E-state index is 0.0456. The van der Waals surface area contributed by atoms with Gasteiger partial charge in [-0.2, -0.15) is 5.10 Å². The molecule has 3 aromatic rings. The molecule has 0 aliphatic heterocycles. The number of methoxy groups -OCH3 is 1. The van der Waals surface area contributed by atoms with Gasteiger partial charge in [0.1, 0.15) is 5.82 Å². The highest BCUT2D eigenvalue weighted by Crippen LogP contribution is 2.33. The number of halogens is 3. The third-order valence-electron chi connectivity index (χ3n) is 3.31. The van der Waals surface area contributed by atoms with Crippen molar-refractivity contribution in [1.82, 2.24) is 10.2 Å². The van der Waals surface area contributed by atoms with Gasteiger partial charge in [0.05, 0.1) is 24.0 Å². The minimum atomic E-state index is -0.521. The van der Waals surface area contributed by atoms with Crippen LogP contribution in [-0.2, 0) is 0 Å². The number of benzene rings is 2. The Hall–Kier alpha value is -2.40. The Morgan fingerprint density at radius 3 is 2.45 bits per heavy atom. The van der Waals surface area contributed by atoms with Crippen LogP contribution in [0.3, 0.4) is 0 Å². The molecule has 1 N–H and O–H groups in total. The van der Waals surface area contributed by atoms with Crippen molar-refractivity contribution in [3.63, 3.8) is 0 Å². The summed E-state index contributed by atoms with van der Waals surface area (Å²) in [4.78, 5) is 0. The quantitative estimate of drug-likeness (QED) is 0.760. The third kappa shape index (κ3) is 2.55. The van der Waals surface area contributed by atoms with Gasteiger partial charge in [0, 0.05) is 11.1 Å². The Kier molecular flexibility index (Phi) is 3.81. The molecule has 2 aromatic carbocycles. The normalized spacial score (nSPS) is 10.7. The number of nitrogens with zero attached hydrogens (tertiary/aromatic N) is 1. The molecule has 0 fully saturated rings. The maximum absolute atomic E-state index is 13.9. The first-order valence-corrected chi connectivity index (χ1v) is 6.80. The predicted octanol–water partition coefficient (Wildman–Crippen LogP) is 4.68. The molecule has 6 heteroatoms. The molecule has 0 amide bonds. The average Bonchev–Trinajstić information content (AvgIpc) is 2.99. The number of hydrogen-bond acceptors (Lipinski definition) is 2. The van der Waals surface area contributed by atoms with E-state index in [1.807, 2.05) is 0 Å². The molecule has 0 aliphatic carbocycles. The molecule has 0 atom stereocenters. The van der Waals surface area contributed by atoms with E-state index in [0.29, 0.717) is 22.4 Å². The molecule has 0 bridgehead atoms. The van der Waals surface area contributed by atoms with Crippen LogP contribution in [-0.4, -0.2) is 17.3 Å². The summed E-state index contributed by atoms with van der Waals surface area (Å²) in [5.41, 5.74) is 2.42. The number of rotatable bonds is 3. The Balaban J connectivity index is 2.08. The van der Waals surface area contributed by atoms with Gasteiger partial charge in [-0.15, -0.1) is 0 Å². The van der Waals surface area contributed by atoms with Crippen LogP contribution < -0.4 is 4.74 Å². The van der Waals surface area contributed by atoms with Crippen molar-refractivity contribution in [3.8, 4) is 28.1 Å². The van der Waals surface area contributed by atoms with E-state index in [1.165, 1.54) is 31.4 Å². The van der Waals surface area contributed by atoms with Crippen molar-refractivity contribution in [3.05, 3.63) is 59.3 Å². The van der Waals surface area contributed by atoms with Crippen LogP contribution in [0, 0.1) is 11.6 Å². The van der Waals surface area contributed by atoms with E-state index in [-0.39, 0.29) is 10.8 Å². The molecule has 0 unspecified atom stereocenters. The largest absolute Gasteiger partial charge is 0.494 e. The first-order valence-electron chi connectivity index (χ1n) is 6.43. The van der Waals surface area contributed by atoms with Gasteiger partial charge in [-0.25, -0.2) is 8.78 Å². The van der Waals surface area contributed by atoms with Gasteiger partial charge in [-0.1, -0.05) is 17.7 Å². The summed E-state index contributed by atoms with van der Waals surface area (Å²) in [7, 11) is 1.40. The van der Waals surface area contributed by atoms with Gasteiger partial charge in [-0.05, 0) is 35.9 Å². The number of nitrogens with one attached hydrogen (secondary N) is 1. The molecule has 22 heavy (non-hydrogen) atoms. The molecule has 0 aliphatic rings. The summed E-state index contributed by atoms with van der Waals surface area (Å²) in [6.07, 6.45) is 1.56. The number of aromatic nitrogens is 2. The molecule has 0 saturated carbocycles. The van der Waals surface area contributed by atoms with Crippen molar-refractivity contribution in [1.29, 1.82) is 0 Å². The van der Waals surface area contributed by atoms with Crippen molar-refractivity contribution >= 4 is 11.6 Å². The van der Waals surface area contributed by atoms with Crippen LogP contribution in [0.4, 0.5) is 8.78 Å². The minimum Gasteiger partial charge on any atom is -0.494 e. The summed E-state index contributed by atoms with van der Waals surface area (Å²) in [6, 6.07) is 9.03. The molecule has 0 radical (unpaired) electrons. The van der Waals surface area contributed by atoms with E-state index in [0.717, 1.165) is 0 Å². The van der Waals surface area contributed by atoms with Gasteiger partial charge in [0.2, 0.25) is 0 Å². The number of H-pyrrole nitrogens is 1. The molecule has 1 aromatic heterocycles. The lowest BCUT2D eigenvalue weighted by molar-refractivity contribution is 0.386. The molecular weight excluding hydrogens is 310 g/mol. The predicted molar refractivity (Wildman–Crippen MR) is 80.9 cm³/mol. The first-order chi connectivity index (χ1) is 10.6. The van der Waals surface area contributed by atoms with E-state index >= 15 is 0 Å². The molecule has 3 nitrogen and oxygen atoms in total. The van der Waals surface area contributed by atoms with Crippen molar-refractivity contribution in [2.45, 2.75) is 0 Å². The maximum Gasteiger partial charge on any atom is 0.165 e. The molecule has 0 spiro atoms.